The summed E-state index contributed by atoms with van der Waals surface area (Å²) in [4.78, 5) is 9.79. The molecule has 2 aliphatic rings. The Morgan fingerprint density at radius 2 is 1.64 bits per heavy atom. The molecule has 1 saturated heterocycles. The zero-order valence-electron chi connectivity index (χ0n) is 17.9. The third-order valence-electron chi connectivity index (χ3n) is 4.77. The van der Waals surface area contributed by atoms with Crippen LogP contribution in [0.2, 0.25) is 0 Å². The van der Waals surface area contributed by atoms with E-state index in [1.165, 1.54) is 36.8 Å². The second-order valence-electron chi connectivity index (χ2n) is 8.96. The van der Waals surface area contributed by atoms with Crippen molar-refractivity contribution in [1.29, 1.82) is 0 Å². The zero-order chi connectivity index (χ0) is 20.9. The molecular weight excluding hydrogens is 356 g/mol. The van der Waals surface area contributed by atoms with E-state index in [-0.39, 0.29) is 6.10 Å². The first-order chi connectivity index (χ1) is 13.1. The standard InChI is InChI=1S/C17H26N2O.C5H10O3/c1-11(2)20-17-10-15(13-5-7-19-8-6-13)14(9-16(17)18)12-3-4-12;1-5(2,3)8-4(6)7/h9-13,19H,3-8,18H2,1-2H3;1-3H3,(H,6,7). The smallest absolute Gasteiger partial charge is 0.489 e. The number of hydrogen-bond acceptors (Lipinski definition) is 5. The first-order valence-corrected chi connectivity index (χ1v) is 10.3. The van der Waals surface area contributed by atoms with Gasteiger partial charge in [-0.05, 0) is 108 Å². The van der Waals surface area contributed by atoms with Crippen LogP contribution in [0.1, 0.15) is 83.3 Å². The Balaban J connectivity index is 0.000000300. The van der Waals surface area contributed by atoms with E-state index in [0.29, 0.717) is 5.92 Å². The van der Waals surface area contributed by atoms with Crippen LogP contribution in [0, 0.1) is 0 Å². The Kier molecular flexibility index (Phi) is 7.58. The van der Waals surface area contributed by atoms with E-state index in [1.807, 2.05) is 0 Å². The summed E-state index contributed by atoms with van der Waals surface area (Å²) in [6, 6.07) is 4.42. The van der Waals surface area contributed by atoms with E-state index in [0.717, 1.165) is 30.4 Å². The van der Waals surface area contributed by atoms with E-state index < -0.39 is 11.8 Å². The van der Waals surface area contributed by atoms with Crippen LogP contribution < -0.4 is 15.8 Å². The third kappa shape index (κ3) is 7.23. The molecular formula is C22H36N2O4. The average molecular weight is 393 g/mol. The summed E-state index contributed by atoms with van der Waals surface area (Å²) in [6.07, 6.45) is 4.04. The van der Waals surface area contributed by atoms with Crippen LogP contribution in [-0.4, -0.2) is 36.1 Å². The minimum absolute atomic E-state index is 0.171. The van der Waals surface area contributed by atoms with Gasteiger partial charge in [0.05, 0.1) is 11.8 Å². The quantitative estimate of drug-likeness (QED) is 0.499. The minimum atomic E-state index is -1.22. The number of piperidine rings is 1. The van der Waals surface area contributed by atoms with Gasteiger partial charge in [0.15, 0.2) is 0 Å². The largest absolute Gasteiger partial charge is 0.506 e. The van der Waals surface area contributed by atoms with Gasteiger partial charge in [0.2, 0.25) is 0 Å². The lowest BCUT2D eigenvalue weighted by molar-refractivity contribution is 0.0150. The molecule has 0 radical (unpaired) electrons. The summed E-state index contributed by atoms with van der Waals surface area (Å²) in [6.45, 7) is 11.4. The van der Waals surface area contributed by atoms with Gasteiger partial charge in [0.25, 0.3) is 0 Å². The maximum Gasteiger partial charge on any atom is 0.506 e. The first-order valence-electron chi connectivity index (χ1n) is 10.3. The molecule has 1 aliphatic carbocycles. The van der Waals surface area contributed by atoms with Gasteiger partial charge >= 0.3 is 6.16 Å². The van der Waals surface area contributed by atoms with Gasteiger partial charge < -0.3 is 25.6 Å². The fourth-order valence-corrected chi connectivity index (χ4v) is 3.48. The summed E-state index contributed by atoms with van der Waals surface area (Å²) in [5.41, 5.74) is 9.41. The number of nitrogens with two attached hydrogens (primary N) is 1. The second-order valence-corrected chi connectivity index (χ2v) is 8.96. The third-order valence-corrected chi connectivity index (χ3v) is 4.77. The number of nitrogens with one attached hydrogen (secondary N) is 1. The average Bonchev–Trinajstić information content (AvgIpc) is 3.40. The molecule has 6 heteroatoms. The number of ether oxygens (including phenoxy) is 2. The molecule has 6 nitrogen and oxygen atoms in total. The summed E-state index contributed by atoms with van der Waals surface area (Å²) < 4.78 is 10.2. The lowest BCUT2D eigenvalue weighted by atomic mass is 9.85. The van der Waals surface area contributed by atoms with Gasteiger partial charge in [-0.25, -0.2) is 4.79 Å². The van der Waals surface area contributed by atoms with Crippen LogP contribution in [-0.2, 0) is 4.74 Å². The monoisotopic (exact) mass is 392 g/mol. The van der Waals surface area contributed by atoms with E-state index in [1.54, 1.807) is 20.8 Å². The molecule has 1 saturated carbocycles. The van der Waals surface area contributed by atoms with Crippen LogP contribution in [0.25, 0.3) is 0 Å². The summed E-state index contributed by atoms with van der Waals surface area (Å²) in [5, 5.41) is 11.5. The molecule has 0 aromatic heterocycles. The van der Waals surface area contributed by atoms with Crippen molar-refractivity contribution in [2.45, 2.75) is 83.8 Å². The van der Waals surface area contributed by atoms with Gasteiger partial charge in [-0.15, -0.1) is 0 Å². The maximum absolute atomic E-state index is 9.79. The van der Waals surface area contributed by atoms with Crippen LogP contribution in [0.5, 0.6) is 5.75 Å². The lowest BCUT2D eigenvalue weighted by Gasteiger charge is -2.26. The molecule has 2 fully saturated rings. The number of anilines is 1. The van der Waals surface area contributed by atoms with Gasteiger partial charge in [0, 0.05) is 0 Å². The maximum atomic E-state index is 9.79. The Bertz CT molecular complexity index is 657. The molecule has 1 heterocycles. The summed E-state index contributed by atoms with van der Waals surface area (Å²) >= 11 is 0. The lowest BCUT2D eigenvalue weighted by Crippen LogP contribution is -2.27. The van der Waals surface area contributed by atoms with Crippen molar-refractivity contribution >= 4 is 11.8 Å². The number of carboxylic acid groups (broad SMARTS) is 1. The van der Waals surface area contributed by atoms with Crippen molar-refractivity contribution in [2.75, 3.05) is 18.8 Å². The topological polar surface area (TPSA) is 93.8 Å². The van der Waals surface area contributed by atoms with Crippen LogP contribution in [0.4, 0.5) is 10.5 Å². The number of hydrogen-bond donors (Lipinski definition) is 3. The predicted octanol–water partition coefficient (Wildman–Crippen LogP) is 4.88. The second kappa shape index (κ2) is 9.50. The molecule has 28 heavy (non-hydrogen) atoms. The Morgan fingerprint density at radius 1 is 1.11 bits per heavy atom. The molecule has 1 aromatic carbocycles. The highest BCUT2D eigenvalue weighted by Crippen LogP contribution is 2.47. The zero-order valence-corrected chi connectivity index (χ0v) is 17.9. The number of nitrogen functional groups attached to an aromatic ring is 1. The highest BCUT2D eigenvalue weighted by atomic mass is 16.7. The van der Waals surface area contributed by atoms with E-state index in [9.17, 15) is 4.79 Å². The Morgan fingerprint density at radius 3 is 2.07 bits per heavy atom. The summed E-state index contributed by atoms with van der Waals surface area (Å²) in [7, 11) is 0. The molecule has 0 spiro atoms. The van der Waals surface area contributed by atoms with Crippen molar-refractivity contribution < 1.29 is 19.4 Å². The van der Waals surface area contributed by atoms with Gasteiger partial charge in [-0.2, -0.15) is 0 Å². The van der Waals surface area contributed by atoms with Crippen molar-refractivity contribution in [3.63, 3.8) is 0 Å². The molecule has 158 valence electrons. The predicted molar refractivity (Wildman–Crippen MR) is 112 cm³/mol. The van der Waals surface area contributed by atoms with Crippen molar-refractivity contribution in [1.82, 2.24) is 5.32 Å². The molecule has 1 aliphatic heterocycles. The normalized spacial score (nSPS) is 17.6. The molecule has 3 rings (SSSR count). The first kappa shape index (κ1) is 22.3. The fraction of sp³-hybridized carbons (Fsp3) is 0.682. The number of carbonyl (C=O) groups is 1. The Labute approximate surface area is 168 Å². The van der Waals surface area contributed by atoms with Crippen LogP contribution in [0.3, 0.4) is 0 Å². The number of benzene rings is 1. The highest BCUT2D eigenvalue weighted by Gasteiger charge is 2.30. The number of rotatable bonds is 4. The van der Waals surface area contributed by atoms with Gasteiger partial charge in [-0.3, -0.25) is 0 Å². The van der Waals surface area contributed by atoms with Crippen molar-refractivity contribution in [3.8, 4) is 5.75 Å². The van der Waals surface area contributed by atoms with Gasteiger partial charge in [-0.1, -0.05) is 0 Å². The molecule has 0 unspecified atom stereocenters. The van der Waals surface area contributed by atoms with Crippen LogP contribution in [0.15, 0.2) is 12.1 Å². The summed E-state index contributed by atoms with van der Waals surface area (Å²) in [5.74, 6) is 2.29. The minimum Gasteiger partial charge on any atom is -0.489 e. The molecule has 4 N–H and O–H groups in total. The van der Waals surface area contributed by atoms with Crippen LogP contribution >= 0.6 is 0 Å². The van der Waals surface area contributed by atoms with E-state index in [2.05, 4.69) is 36.0 Å². The van der Waals surface area contributed by atoms with E-state index in [4.69, 9.17) is 15.6 Å². The Hall–Kier alpha value is -1.95. The molecule has 0 bridgehead atoms. The van der Waals surface area contributed by atoms with Crippen molar-refractivity contribution in [3.05, 3.63) is 23.3 Å². The fourth-order valence-electron chi connectivity index (χ4n) is 3.48. The van der Waals surface area contributed by atoms with E-state index >= 15 is 0 Å². The highest BCUT2D eigenvalue weighted by molar-refractivity contribution is 5.59. The molecule has 0 atom stereocenters. The molecule has 1 aromatic rings. The van der Waals surface area contributed by atoms with Gasteiger partial charge in [0.1, 0.15) is 11.4 Å². The SMILES string of the molecule is CC(C)(C)OC(=O)O.CC(C)Oc1cc(C2CCNCC2)c(C2CC2)cc1N. The molecule has 0 amide bonds. The van der Waals surface area contributed by atoms with Crippen molar-refractivity contribution in [2.24, 2.45) is 0 Å².